The van der Waals surface area contributed by atoms with Gasteiger partial charge >= 0.3 is 5.97 Å². The first kappa shape index (κ1) is 25.9. The lowest BCUT2D eigenvalue weighted by molar-refractivity contribution is -0.135. The Kier molecular flexibility index (Phi) is 6.62. The normalized spacial score (nSPS) is 17.5. The van der Waals surface area contributed by atoms with Gasteiger partial charge in [0.15, 0.2) is 5.76 Å². The van der Waals surface area contributed by atoms with Crippen molar-refractivity contribution in [2.45, 2.75) is 25.2 Å². The molecule has 0 saturated heterocycles. The van der Waals surface area contributed by atoms with E-state index in [0.29, 0.717) is 35.0 Å². The van der Waals surface area contributed by atoms with Crippen LogP contribution in [0.2, 0.25) is 0 Å². The lowest BCUT2D eigenvalue weighted by Crippen LogP contribution is -2.21. The SMILES string of the molecule is COc1ccc(/C=C2\Oc3c(ccc4c3C(c3cccc(OCCc5ccc6c(c5)CCO6)c3)CC(=O)O4)C2=O)cc1. The van der Waals surface area contributed by atoms with Crippen molar-refractivity contribution < 1.29 is 33.3 Å². The van der Waals surface area contributed by atoms with Crippen molar-refractivity contribution in [3.05, 3.63) is 118 Å². The predicted molar refractivity (Wildman–Crippen MR) is 156 cm³/mol. The standard InChI is InChI=1S/C35H28O7/c1-38-25-8-5-21(6-9-25)18-31-34(37)27-10-12-30-33(35(27)42-31)28(20-32(36)41-30)23-3-2-4-26(19-23)39-15-13-22-7-11-29-24(17-22)14-16-40-29/h2-12,17-19,28H,13-16,20H2,1H3/b31-18-. The number of allylic oxidation sites excluding steroid dienone is 1. The average Bonchev–Trinajstić information content (AvgIpc) is 3.61. The number of esters is 1. The van der Waals surface area contributed by atoms with Crippen LogP contribution in [-0.4, -0.2) is 32.1 Å². The summed E-state index contributed by atoms with van der Waals surface area (Å²) in [6.07, 6.45) is 3.54. The molecule has 0 spiro atoms. The number of rotatable bonds is 7. The molecule has 0 saturated carbocycles. The molecule has 1 unspecified atom stereocenters. The van der Waals surface area contributed by atoms with Gasteiger partial charge in [0.25, 0.3) is 0 Å². The second-order valence-corrected chi connectivity index (χ2v) is 10.5. The summed E-state index contributed by atoms with van der Waals surface area (Å²) < 4.78 is 28.8. The Bertz CT molecular complexity index is 1740. The highest BCUT2D eigenvalue weighted by atomic mass is 16.5. The van der Waals surface area contributed by atoms with Crippen LogP contribution in [0.25, 0.3) is 6.08 Å². The molecule has 7 heteroatoms. The van der Waals surface area contributed by atoms with Gasteiger partial charge in [-0.2, -0.15) is 0 Å². The first-order valence-corrected chi connectivity index (χ1v) is 14.0. The van der Waals surface area contributed by atoms with Crippen molar-refractivity contribution in [3.63, 3.8) is 0 Å². The summed E-state index contributed by atoms with van der Waals surface area (Å²) in [6.45, 7) is 1.25. The Morgan fingerprint density at radius 2 is 1.76 bits per heavy atom. The average molecular weight is 561 g/mol. The molecule has 3 aliphatic rings. The summed E-state index contributed by atoms with van der Waals surface area (Å²) in [7, 11) is 1.60. The molecule has 1 atom stereocenters. The van der Waals surface area contributed by atoms with Crippen molar-refractivity contribution >= 4 is 17.8 Å². The molecule has 0 bridgehead atoms. The van der Waals surface area contributed by atoms with Crippen LogP contribution in [-0.2, 0) is 17.6 Å². The maximum atomic E-state index is 13.3. The molecule has 7 rings (SSSR count). The molecule has 3 heterocycles. The van der Waals surface area contributed by atoms with E-state index in [-0.39, 0.29) is 29.9 Å². The molecular formula is C35H28O7. The molecule has 4 aromatic carbocycles. The van der Waals surface area contributed by atoms with E-state index in [4.69, 9.17) is 23.7 Å². The minimum Gasteiger partial charge on any atom is -0.497 e. The van der Waals surface area contributed by atoms with Gasteiger partial charge in [0.2, 0.25) is 5.78 Å². The highest BCUT2D eigenvalue weighted by molar-refractivity contribution is 6.15. The first-order valence-electron chi connectivity index (χ1n) is 14.0. The van der Waals surface area contributed by atoms with E-state index >= 15 is 0 Å². The smallest absolute Gasteiger partial charge is 0.312 e. The van der Waals surface area contributed by atoms with E-state index in [1.807, 2.05) is 54.6 Å². The van der Waals surface area contributed by atoms with Gasteiger partial charge in [-0.3, -0.25) is 9.59 Å². The van der Waals surface area contributed by atoms with Crippen LogP contribution < -0.4 is 23.7 Å². The van der Waals surface area contributed by atoms with Crippen LogP contribution in [0.4, 0.5) is 0 Å². The van der Waals surface area contributed by atoms with Crippen LogP contribution in [0.5, 0.6) is 28.7 Å². The summed E-state index contributed by atoms with van der Waals surface area (Å²) in [5.41, 5.74) is 5.28. The molecule has 0 amide bonds. The number of carbonyl (C=O) groups excluding carboxylic acids is 2. The van der Waals surface area contributed by atoms with E-state index in [9.17, 15) is 9.59 Å². The lowest BCUT2D eigenvalue weighted by atomic mass is 9.84. The van der Waals surface area contributed by atoms with Crippen LogP contribution in [0, 0.1) is 0 Å². The number of ketones is 1. The maximum Gasteiger partial charge on any atom is 0.312 e. The van der Waals surface area contributed by atoms with E-state index in [1.165, 1.54) is 11.1 Å². The Morgan fingerprint density at radius 3 is 2.62 bits per heavy atom. The lowest BCUT2D eigenvalue weighted by Gasteiger charge is -2.26. The quantitative estimate of drug-likeness (QED) is 0.149. The number of hydrogen-bond acceptors (Lipinski definition) is 7. The molecule has 0 fully saturated rings. The second-order valence-electron chi connectivity index (χ2n) is 10.5. The number of methoxy groups -OCH3 is 1. The Balaban J connectivity index is 1.14. The third kappa shape index (κ3) is 4.87. The van der Waals surface area contributed by atoms with E-state index < -0.39 is 0 Å². The molecule has 210 valence electrons. The second kappa shape index (κ2) is 10.7. The predicted octanol–water partition coefficient (Wildman–Crippen LogP) is 6.31. The fraction of sp³-hybridized carbons (Fsp3) is 0.200. The van der Waals surface area contributed by atoms with Crippen molar-refractivity contribution in [2.75, 3.05) is 20.3 Å². The molecule has 4 aromatic rings. The largest absolute Gasteiger partial charge is 0.497 e. The molecule has 42 heavy (non-hydrogen) atoms. The number of carbonyl (C=O) groups is 2. The van der Waals surface area contributed by atoms with E-state index in [2.05, 4.69) is 12.1 Å². The molecule has 7 nitrogen and oxygen atoms in total. The Morgan fingerprint density at radius 1 is 0.905 bits per heavy atom. The molecule has 0 aliphatic carbocycles. The number of ether oxygens (including phenoxy) is 5. The van der Waals surface area contributed by atoms with Gasteiger partial charge in [0.1, 0.15) is 28.7 Å². The van der Waals surface area contributed by atoms with Gasteiger partial charge in [-0.15, -0.1) is 0 Å². The minimum atomic E-state index is -0.357. The Labute approximate surface area is 243 Å². The summed E-state index contributed by atoms with van der Waals surface area (Å²) in [4.78, 5) is 26.0. The summed E-state index contributed by atoms with van der Waals surface area (Å²) in [6, 6.07) is 24.7. The van der Waals surface area contributed by atoms with Gasteiger partial charge in [-0.05, 0) is 70.8 Å². The van der Waals surface area contributed by atoms with Crippen molar-refractivity contribution in [3.8, 4) is 28.7 Å². The topological polar surface area (TPSA) is 80.3 Å². The zero-order valence-corrected chi connectivity index (χ0v) is 23.1. The summed E-state index contributed by atoms with van der Waals surface area (Å²) >= 11 is 0. The van der Waals surface area contributed by atoms with E-state index in [1.54, 1.807) is 25.3 Å². The highest BCUT2D eigenvalue weighted by Gasteiger charge is 2.38. The van der Waals surface area contributed by atoms with Crippen LogP contribution in [0.15, 0.2) is 84.6 Å². The molecule has 3 aliphatic heterocycles. The number of Topliss-reactive ketones (excluding diaryl/α,β-unsaturated/α-hetero) is 1. The number of hydrogen-bond donors (Lipinski definition) is 0. The van der Waals surface area contributed by atoms with Crippen LogP contribution in [0.1, 0.15) is 50.5 Å². The molecule has 0 N–H and O–H groups in total. The highest BCUT2D eigenvalue weighted by Crippen LogP contribution is 2.49. The van der Waals surface area contributed by atoms with Gasteiger partial charge in [0, 0.05) is 24.3 Å². The van der Waals surface area contributed by atoms with Gasteiger partial charge < -0.3 is 23.7 Å². The fourth-order valence-electron chi connectivity index (χ4n) is 5.75. The number of fused-ring (bicyclic) bond motifs is 4. The molecular weight excluding hydrogens is 532 g/mol. The van der Waals surface area contributed by atoms with Crippen LogP contribution in [0.3, 0.4) is 0 Å². The molecule has 0 aromatic heterocycles. The van der Waals surface area contributed by atoms with Gasteiger partial charge in [-0.1, -0.05) is 36.4 Å². The van der Waals surface area contributed by atoms with Crippen LogP contribution >= 0.6 is 0 Å². The van der Waals surface area contributed by atoms with Crippen molar-refractivity contribution in [1.29, 1.82) is 0 Å². The monoisotopic (exact) mass is 560 g/mol. The summed E-state index contributed by atoms with van der Waals surface area (Å²) in [5.74, 6) is 2.55. The zero-order valence-electron chi connectivity index (χ0n) is 23.1. The van der Waals surface area contributed by atoms with Crippen molar-refractivity contribution in [2.24, 2.45) is 0 Å². The van der Waals surface area contributed by atoms with Gasteiger partial charge in [0.05, 0.1) is 32.3 Å². The van der Waals surface area contributed by atoms with Gasteiger partial charge in [-0.25, -0.2) is 0 Å². The van der Waals surface area contributed by atoms with Crippen molar-refractivity contribution in [1.82, 2.24) is 0 Å². The minimum absolute atomic E-state index is 0.124. The zero-order chi connectivity index (χ0) is 28.6. The maximum absolute atomic E-state index is 13.3. The first-order chi connectivity index (χ1) is 20.6. The number of benzene rings is 4. The third-order valence-corrected chi connectivity index (χ3v) is 7.87. The summed E-state index contributed by atoms with van der Waals surface area (Å²) in [5, 5.41) is 0. The molecule has 0 radical (unpaired) electrons. The fourth-order valence-corrected chi connectivity index (χ4v) is 5.75. The Hall–Kier alpha value is -5.04. The third-order valence-electron chi connectivity index (χ3n) is 7.87. The van der Waals surface area contributed by atoms with E-state index in [0.717, 1.165) is 42.1 Å².